The number of aromatic hydroxyl groups is 1. The number of phenols is 1. The highest BCUT2D eigenvalue weighted by Gasteiger charge is 2.37. The van der Waals surface area contributed by atoms with Gasteiger partial charge in [-0.15, -0.1) is 0 Å². The topological polar surface area (TPSA) is 108 Å². The lowest BCUT2D eigenvalue weighted by Gasteiger charge is -2.35. The van der Waals surface area contributed by atoms with Gasteiger partial charge in [-0.05, 0) is 52.2 Å². The molecule has 3 amide bonds. The molecular formula is C35H53N3O5. The number of nitrogens with zero attached hydrogens (tertiary/aromatic N) is 1. The fraction of sp³-hybridized carbons (Fsp3) is 0.571. The third-order valence-electron chi connectivity index (χ3n) is 7.21. The Bertz CT molecular complexity index is 1130. The number of carbonyl (C=O) groups excluding carboxylic acids is 3. The van der Waals surface area contributed by atoms with E-state index < -0.39 is 29.7 Å². The van der Waals surface area contributed by atoms with Crippen LogP contribution in [0.1, 0.15) is 110 Å². The van der Waals surface area contributed by atoms with Crippen molar-refractivity contribution in [1.82, 2.24) is 15.5 Å². The lowest BCUT2D eigenvalue weighted by atomic mass is 9.98. The van der Waals surface area contributed by atoms with Crippen LogP contribution < -0.4 is 10.6 Å². The summed E-state index contributed by atoms with van der Waals surface area (Å²) >= 11 is 0. The third kappa shape index (κ3) is 12.7. The van der Waals surface area contributed by atoms with Gasteiger partial charge in [0, 0.05) is 24.6 Å². The van der Waals surface area contributed by atoms with Crippen molar-refractivity contribution in [3.8, 4) is 5.75 Å². The predicted octanol–water partition coefficient (Wildman–Crippen LogP) is 7.06. The van der Waals surface area contributed by atoms with Crippen molar-refractivity contribution in [2.75, 3.05) is 6.54 Å². The number of carbonyl (C=O) groups is 3. The van der Waals surface area contributed by atoms with Crippen LogP contribution in [0.4, 0.5) is 4.79 Å². The highest BCUT2D eigenvalue weighted by molar-refractivity contribution is 5.92. The second kappa shape index (κ2) is 18.2. The van der Waals surface area contributed by atoms with Gasteiger partial charge in [0.1, 0.15) is 23.4 Å². The average molecular weight is 596 g/mol. The molecule has 0 aliphatic rings. The Morgan fingerprint density at radius 3 is 2.12 bits per heavy atom. The summed E-state index contributed by atoms with van der Waals surface area (Å²) in [7, 11) is 0. The van der Waals surface area contributed by atoms with Crippen LogP contribution in [-0.2, 0) is 20.7 Å². The third-order valence-corrected chi connectivity index (χ3v) is 7.21. The van der Waals surface area contributed by atoms with E-state index in [1.807, 2.05) is 44.2 Å². The average Bonchev–Trinajstić information content (AvgIpc) is 2.94. The van der Waals surface area contributed by atoms with Crippen LogP contribution in [0, 0.1) is 0 Å². The van der Waals surface area contributed by atoms with Gasteiger partial charge in [0.15, 0.2) is 0 Å². The van der Waals surface area contributed by atoms with Gasteiger partial charge in [-0.1, -0.05) is 101 Å². The van der Waals surface area contributed by atoms with Crippen LogP contribution in [0.2, 0.25) is 0 Å². The van der Waals surface area contributed by atoms with Crippen molar-refractivity contribution in [3.05, 3.63) is 65.7 Å². The van der Waals surface area contributed by atoms with E-state index in [0.717, 1.165) is 50.5 Å². The van der Waals surface area contributed by atoms with Crippen molar-refractivity contribution < 1.29 is 24.2 Å². The van der Waals surface area contributed by atoms with Crippen molar-refractivity contribution in [1.29, 1.82) is 0 Å². The van der Waals surface area contributed by atoms with Gasteiger partial charge in [-0.3, -0.25) is 9.59 Å². The molecule has 0 saturated carbocycles. The molecule has 0 fully saturated rings. The summed E-state index contributed by atoms with van der Waals surface area (Å²) in [6.07, 6.45) is 7.18. The van der Waals surface area contributed by atoms with E-state index in [0.29, 0.717) is 18.5 Å². The first-order chi connectivity index (χ1) is 20.5. The van der Waals surface area contributed by atoms with Crippen molar-refractivity contribution in [2.24, 2.45) is 0 Å². The number of amides is 3. The second-order valence-electron chi connectivity index (χ2n) is 12.3. The van der Waals surface area contributed by atoms with E-state index in [1.54, 1.807) is 39.0 Å². The van der Waals surface area contributed by atoms with Gasteiger partial charge >= 0.3 is 6.09 Å². The van der Waals surface area contributed by atoms with Gasteiger partial charge in [-0.25, -0.2) is 4.79 Å². The Morgan fingerprint density at radius 1 is 0.860 bits per heavy atom. The summed E-state index contributed by atoms with van der Waals surface area (Å²) in [5.74, 6) is -0.835. The molecule has 2 aromatic rings. The standard InChI is InChI=1S/C35H53N3O5/c1-7-9-10-11-12-18-24-38(31(28-22-16-17-23-30(28)39)32(40)36-26(3)19-8-2)33(41)29(25-27-20-14-13-15-21-27)37-34(42)43-35(4,5)6/h13-17,20-23,26,29,31,39H,7-12,18-19,24-25H2,1-6H3,(H,36,40)(H,37,42). The monoisotopic (exact) mass is 595 g/mol. The Balaban J connectivity index is 2.54. The highest BCUT2D eigenvalue weighted by atomic mass is 16.6. The molecule has 3 unspecified atom stereocenters. The van der Waals surface area contributed by atoms with Crippen molar-refractivity contribution in [2.45, 2.75) is 123 Å². The predicted molar refractivity (Wildman–Crippen MR) is 172 cm³/mol. The number of para-hydroxylation sites is 1. The van der Waals surface area contributed by atoms with Crippen molar-refractivity contribution in [3.63, 3.8) is 0 Å². The van der Waals surface area contributed by atoms with Gasteiger partial charge in [0.2, 0.25) is 11.8 Å². The Hall–Kier alpha value is -3.55. The first kappa shape index (κ1) is 35.6. The smallest absolute Gasteiger partial charge is 0.408 e. The van der Waals surface area contributed by atoms with E-state index >= 15 is 0 Å². The molecule has 0 radical (unpaired) electrons. The minimum absolute atomic E-state index is 0.0637. The fourth-order valence-corrected chi connectivity index (χ4v) is 5.13. The van der Waals surface area contributed by atoms with Crippen LogP contribution in [0.25, 0.3) is 0 Å². The number of ether oxygens (including phenoxy) is 1. The number of benzene rings is 2. The number of hydrogen-bond donors (Lipinski definition) is 3. The molecule has 8 heteroatoms. The van der Waals surface area contributed by atoms with E-state index in [2.05, 4.69) is 17.6 Å². The summed E-state index contributed by atoms with van der Waals surface area (Å²) in [6.45, 7) is 11.7. The normalized spacial score (nSPS) is 13.4. The maximum atomic E-state index is 14.6. The fourth-order valence-electron chi connectivity index (χ4n) is 5.13. The lowest BCUT2D eigenvalue weighted by molar-refractivity contribution is -0.143. The van der Waals surface area contributed by atoms with Crippen LogP contribution in [0.15, 0.2) is 54.6 Å². The molecule has 0 bridgehead atoms. The summed E-state index contributed by atoms with van der Waals surface area (Å²) < 4.78 is 5.52. The molecule has 0 saturated heterocycles. The summed E-state index contributed by atoms with van der Waals surface area (Å²) in [4.78, 5) is 43.0. The molecule has 0 spiro atoms. The lowest BCUT2D eigenvalue weighted by Crippen LogP contribution is -2.54. The summed E-state index contributed by atoms with van der Waals surface area (Å²) in [5.41, 5.74) is 0.450. The minimum atomic E-state index is -1.08. The number of nitrogens with one attached hydrogen (secondary N) is 2. The Labute approximate surface area is 258 Å². The van der Waals surface area contributed by atoms with Crippen LogP contribution in [0.5, 0.6) is 5.75 Å². The molecular weight excluding hydrogens is 542 g/mol. The summed E-state index contributed by atoms with van der Waals surface area (Å²) in [5, 5.41) is 16.8. The first-order valence-electron chi connectivity index (χ1n) is 15.9. The van der Waals surface area contributed by atoms with Crippen LogP contribution in [-0.4, -0.2) is 52.1 Å². The molecule has 0 aromatic heterocycles. The van der Waals surface area contributed by atoms with E-state index in [4.69, 9.17) is 4.74 Å². The van der Waals surface area contributed by atoms with E-state index in [-0.39, 0.29) is 24.1 Å². The molecule has 238 valence electrons. The molecule has 2 aromatic carbocycles. The SMILES string of the molecule is CCCCCCCCN(C(=O)C(Cc1ccccc1)NC(=O)OC(C)(C)C)C(C(=O)NC(C)CCC)c1ccccc1O. The van der Waals surface area contributed by atoms with Gasteiger partial charge in [0.05, 0.1) is 0 Å². The van der Waals surface area contributed by atoms with Gasteiger partial charge < -0.3 is 25.4 Å². The largest absolute Gasteiger partial charge is 0.508 e. The zero-order valence-corrected chi connectivity index (χ0v) is 27.0. The molecule has 2 rings (SSSR count). The number of alkyl carbamates (subject to hydrolysis) is 1. The highest BCUT2D eigenvalue weighted by Crippen LogP contribution is 2.31. The molecule has 0 aliphatic carbocycles. The number of hydrogen-bond acceptors (Lipinski definition) is 5. The minimum Gasteiger partial charge on any atom is -0.508 e. The molecule has 0 aliphatic heterocycles. The molecule has 8 nitrogen and oxygen atoms in total. The van der Waals surface area contributed by atoms with Gasteiger partial charge in [-0.2, -0.15) is 0 Å². The molecule has 43 heavy (non-hydrogen) atoms. The maximum Gasteiger partial charge on any atom is 0.408 e. The second-order valence-corrected chi connectivity index (χ2v) is 12.3. The number of rotatable bonds is 17. The van der Waals surface area contributed by atoms with Crippen LogP contribution >= 0.6 is 0 Å². The van der Waals surface area contributed by atoms with Crippen LogP contribution in [0.3, 0.4) is 0 Å². The van der Waals surface area contributed by atoms with Crippen molar-refractivity contribution >= 4 is 17.9 Å². The maximum absolute atomic E-state index is 14.6. The Kier molecular flexibility index (Phi) is 15.1. The van der Waals surface area contributed by atoms with Gasteiger partial charge in [0.25, 0.3) is 0 Å². The molecule has 0 heterocycles. The van der Waals surface area contributed by atoms with E-state index in [9.17, 15) is 19.5 Å². The van der Waals surface area contributed by atoms with E-state index in [1.165, 1.54) is 11.0 Å². The first-order valence-corrected chi connectivity index (χ1v) is 15.9. The quantitative estimate of drug-likeness (QED) is 0.170. The molecule has 3 atom stereocenters. The zero-order chi connectivity index (χ0) is 31.8. The summed E-state index contributed by atoms with van der Waals surface area (Å²) in [6, 6.07) is 13.9. The Morgan fingerprint density at radius 2 is 1.49 bits per heavy atom. The molecule has 3 N–H and O–H groups in total. The number of unbranched alkanes of at least 4 members (excludes halogenated alkanes) is 5. The zero-order valence-electron chi connectivity index (χ0n) is 27.0. The number of phenolic OH excluding ortho intramolecular Hbond substituents is 1.